The molecule has 0 aliphatic carbocycles. The van der Waals surface area contributed by atoms with Gasteiger partial charge in [-0.05, 0) is 31.5 Å². The molecule has 8 heteroatoms. The Kier molecular flexibility index (Phi) is 5.71. The van der Waals surface area contributed by atoms with Crippen molar-refractivity contribution in [2.45, 2.75) is 5.16 Å². The van der Waals surface area contributed by atoms with Crippen LogP contribution in [0.5, 0.6) is 0 Å². The van der Waals surface area contributed by atoms with E-state index in [0.29, 0.717) is 10.0 Å². The number of aromatic nitrogens is 2. The minimum Gasteiger partial charge on any atom is -0.354 e. The van der Waals surface area contributed by atoms with Gasteiger partial charge in [-0.2, -0.15) is 0 Å². The highest BCUT2D eigenvalue weighted by Gasteiger charge is 2.17. The highest BCUT2D eigenvalue weighted by Crippen LogP contribution is 2.27. The lowest BCUT2D eigenvalue weighted by molar-refractivity contribution is 0.312. The van der Waals surface area contributed by atoms with Crippen LogP contribution in [0.25, 0.3) is 0 Å². The molecule has 0 amide bonds. The van der Waals surface area contributed by atoms with E-state index in [9.17, 15) is 0 Å². The first-order chi connectivity index (χ1) is 11.5. The van der Waals surface area contributed by atoms with Crippen molar-refractivity contribution >= 4 is 52.3 Å². The van der Waals surface area contributed by atoms with E-state index in [2.05, 4.69) is 32.1 Å². The maximum atomic E-state index is 6.07. The number of nitrogens with one attached hydrogen (secondary N) is 1. The first-order valence-corrected chi connectivity index (χ1v) is 9.61. The topological polar surface area (TPSA) is 44.3 Å². The molecule has 1 aromatic heterocycles. The largest absolute Gasteiger partial charge is 0.354 e. The van der Waals surface area contributed by atoms with E-state index in [4.69, 9.17) is 23.2 Å². The van der Waals surface area contributed by atoms with Crippen molar-refractivity contribution in [3.8, 4) is 0 Å². The molecule has 1 aliphatic heterocycles. The lowest BCUT2D eigenvalue weighted by Crippen LogP contribution is -2.44. The summed E-state index contributed by atoms with van der Waals surface area (Å²) >= 11 is 13.7. The van der Waals surface area contributed by atoms with Crippen LogP contribution in [0.4, 0.5) is 17.3 Å². The number of nitrogens with zero attached hydrogens (tertiary/aromatic N) is 4. The standard InChI is InChI=1S/C16H19Cl2N5S/c1-22-3-5-23(6-4-22)15-10-14(20-16(21-15)24-2)19-13-8-11(17)7-12(18)9-13/h7-10H,3-6H2,1-2H3,(H,19,20,21). The number of halogens is 2. The third-order valence-corrected chi connectivity index (χ3v) is 4.82. The Labute approximate surface area is 156 Å². The molecule has 1 N–H and O–H groups in total. The summed E-state index contributed by atoms with van der Waals surface area (Å²) in [5.41, 5.74) is 0.808. The van der Waals surface area contributed by atoms with E-state index in [0.717, 1.165) is 48.7 Å². The van der Waals surface area contributed by atoms with Crippen LogP contribution in [0, 0.1) is 0 Å². The summed E-state index contributed by atoms with van der Waals surface area (Å²) in [6.07, 6.45) is 1.98. The Hall–Kier alpha value is -1.21. The van der Waals surface area contributed by atoms with Gasteiger partial charge < -0.3 is 15.1 Å². The van der Waals surface area contributed by atoms with Gasteiger partial charge in [-0.15, -0.1) is 0 Å². The van der Waals surface area contributed by atoms with Crippen molar-refractivity contribution in [1.29, 1.82) is 0 Å². The van der Waals surface area contributed by atoms with Crippen molar-refractivity contribution in [3.63, 3.8) is 0 Å². The average molecular weight is 384 g/mol. The molecular formula is C16H19Cl2N5S. The van der Waals surface area contributed by atoms with E-state index < -0.39 is 0 Å². The second kappa shape index (κ2) is 7.78. The van der Waals surface area contributed by atoms with Crippen LogP contribution >= 0.6 is 35.0 Å². The third-order valence-electron chi connectivity index (χ3n) is 3.84. The Morgan fingerprint density at radius 1 is 1.00 bits per heavy atom. The van der Waals surface area contributed by atoms with E-state index in [-0.39, 0.29) is 0 Å². The summed E-state index contributed by atoms with van der Waals surface area (Å²) in [5.74, 6) is 1.68. The fourth-order valence-corrected chi connectivity index (χ4v) is 3.44. The lowest BCUT2D eigenvalue weighted by atomic mass is 10.3. The summed E-state index contributed by atoms with van der Waals surface area (Å²) < 4.78 is 0. The summed E-state index contributed by atoms with van der Waals surface area (Å²) in [4.78, 5) is 13.8. The zero-order valence-corrected chi connectivity index (χ0v) is 15.9. The Bertz CT molecular complexity index is 699. The average Bonchev–Trinajstić information content (AvgIpc) is 2.54. The van der Waals surface area contributed by atoms with Crippen molar-refractivity contribution < 1.29 is 0 Å². The molecule has 1 fully saturated rings. The number of hydrogen-bond acceptors (Lipinski definition) is 6. The van der Waals surface area contributed by atoms with Gasteiger partial charge >= 0.3 is 0 Å². The number of hydrogen-bond donors (Lipinski definition) is 1. The maximum absolute atomic E-state index is 6.07. The molecule has 24 heavy (non-hydrogen) atoms. The van der Waals surface area contributed by atoms with Gasteiger partial charge in [0.15, 0.2) is 5.16 Å². The SMILES string of the molecule is CSc1nc(Nc2cc(Cl)cc(Cl)c2)cc(N2CCN(C)CC2)n1. The molecule has 2 aromatic rings. The molecule has 0 bridgehead atoms. The number of thioether (sulfide) groups is 1. The number of likely N-dealkylation sites (N-methyl/N-ethyl adjacent to an activating group) is 1. The molecule has 3 rings (SSSR count). The molecular weight excluding hydrogens is 365 g/mol. The highest BCUT2D eigenvalue weighted by molar-refractivity contribution is 7.98. The lowest BCUT2D eigenvalue weighted by Gasteiger charge is -2.33. The predicted molar refractivity (Wildman–Crippen MR) is 103 cm³/mol. The summed E-state index contributed by atoms with van der Waals surface area (Å²) in [6, 6.07) is 7.32. The molecule has 5 nitrogen and oxygen atoms in total. The molecule has 0 radical (unpaired) electrons. The molecule has 2 heterocycles. The van der Waals surface area contributed by atoms with E-state index in [1.165, 1.54) is 11.8 Å². The Morgan fingerprint density at radius 3 is 2.29 bits per heavy atom. The van der Waals surface area contributed by atoms with Gasteiger partial charge in [-0.3, -0.25) is 0 Å². The fourth-order valence-electron chi connectivity index (χ4n) is 2.54. The smallest absolute Gasteiger partial charge is 0.191 e. The van der Waals surface area contributed by atoms with Gasteiger partial charge in [0.25, 0.3) is 0 Å². The molecule has 128 valence electrons. The first-order valence-electron chi connectivity index (χ1n) is 7.63. The van der Waals surface area contributed by atoms with E-state index in [1.54, 1.807) is 6.07 Å². The second-order valence-corrected chi connectivity index (χ2v) is 7.32. The minimum absolute atomic E-state index is 0.587. The van der Waals surface area contributed by atoms with Crippen LogP contribution in [0.2, 0.25) is 10.0 Å². The number of piperazine rings is 1. The van der Waals surface area contributed by atoms with Crippen LogP contribution in [-0.2, 0) is 0 Å². The quantitative estimate of drug-likeness (QED) is 0.635. The van der Waals surface area contributed by atoms with Crippen molar-refractivity contribution in [1.82, 2.24) is 14.9 Å². The van der Waals surface area contributed by atoms with Gasteiger partial charge in [0.2, 0.25) is 0 Å². The van der Waals surface area contributed by atoms with E-state index >= 15 is 0 Å². The highest BCUT2D eigenvalue weighted by atomic mass is 35.5. The summed E-state index contributed by atoms with van der Waals surface area (Å²) in [7, 11) is 2.14. The minimum atomic E-state index is 0.587. The predicted octanol–water partition coefficient (Wildman–Crippen LogP) is 4.00. The van der Waals surface area contributed by atoms with Crippen molar-refractivity contribution in [2.24, 2.45) is 0 Å². The number of rotatable bonds is 4. The zero-order chi connectivity index (χ0) is 17.1. The molecule has 0 unspecified atom stereocenters. The Morgan fingerprint density at radius 2 is 1.67 bits per heavy atom. The molecule has 1 aromatic carbocycles. The monoisotopic (exact) mass is 383 g/mol. The molecule has 1 saturated heterocycles. The van der Waals surface area contributed by atoms with Gasteiger partial charge in [0.05, 0.1) is 0 Å². The van der Waals surface area contributed by atoms with Gasteiger partial charge in [0.1, 0.15) is 11.6 Å². The summed E-state index contributed by atoms with van der Waals surface area (Å²) in [5, 5.41) is 5.19. The first kappa shape index (κ1) is 17.6. The molecule has 0 spiro atoms. The Balaban J connectivity index is 1.86. The molecule has 1 aliphatic rings. The summed E-state index contributed by atoms with van der Waals surface area (Å²) in [6.45, 7) is 3.99. The number of benzene rings is 1. The van der Waals surface area contributed by atoms with Crippen LogP contribution in [0.15, 0.2) is 29.4 Å². The van der Waals surface area contributed by atoms with Gasteiger partial charge in [-0.25, -0.2) is 9.97 Å². The van der Waals surface area contributed by atoms with Crippen molar-refractivity contribution in [2.75, 3.05) is 49.7 Å². The van der Waals surface area contributed by atoms with Gasteiger partial charge in [0, 0.05) is 48.0 Å². The zero-order valence-electron chi connectivity index (χ0n) is 13.6. The van der Waals surface area contributed by atoms with Crippen LogP contribution < -0.4 is 10.2 Å². The fraction of sp³-hybridized carbons (Fsp3) is 0.375. The van der Waals surface area contributed by atoms with Crippen LogP contribution in [0.1, 0.15) is 0 Å². The normalized spacial score (nSPS) is 15.6. The third kappa shape index (κ3) is 4.45. The van der Waals surface area contributed by atoms with E-state index in [1.807, 2.05) is 24.5 Å². The number of anilines is 3. The maximum Gasteiger partial charge on any atom is 0.191 e. The van der Waals surface area contributed by atoms with Gasteiger partial charge in [-0.1, -0.05) is 35.0 Å². The van der Waals surface area contributed by atoms with Crippen LogP contribution in [0.3, 0.4) is 0 Å². The molecule has 0 saturated carbocycles. The van der Waals surface area contributed by atoms with Crippen molar-refractivity contribution in [3.05, 3.63) is 34.3 Å². The molecule has 0 atom stereocenters. The second-order valence-electron chi connectivity index (χ2n) is 5.67. The van der Waals surface area contributed by atoms with Crippen LogP contribution in [-0.4, -0.2) is 54.4 Å².